The third-order valence-corrected chi connectivity index (χ3v) is 5.02. The van der Waals surface area contributed by atoms with E-state index in [-0.39, 0.29) is 10.2 Å². The molecule has 1 aromatic rings. The van der Waals surface area contributed by atoms with Gasteiger partial charge in [-0.3, -0.25) is 0 Å². The Kier molecular flexibility index (Phi) is 4.90. The summed E-state index contributed by atoms with van der Waals surface area (Å²) >= 11 is 7.20. The van der Waals surface area contributed by atoms with E-state index in [1.54, 1.807) is 14.2 Å². The van der Waals surface area contributed by atoms with Crippen LogP contribution in [0.1, 0.15) is 31.2 Å². The third-order valence-electron chi connectivity index (χ3n) is 2.54. The first-order valence-electron chi connectivity index (χ1n) is 5.36. The van der Waals surface area contributed by atoms with Crippen LogP contribution >= 0.6 is 31.9 Å². The largest absolute Gasteiger partial charge is 0.496 e. The van der Waals surface area contributed by atoms with Crippen molar-refractivity contribution in [1.29, 1.82) is 0 Å². The van der Waals surface area contributed by atoms with Crippen molar-refractivity contribution in [2.45, 2.75) is 25.6 Å². The topological polar surface area (TPSA) is 18.5 Å². The van der Waals surface area contributed by atoms with Gasteiger partial charge < -0.3 is 9.47 Å². The molecule has 96 valence electrons. The second kappa shape index (κ2) is 5.61. The molecule has 0 fully saturated rings. The van der Waals surface area contributed by atoms with Crippen molar-refractivity contribution >= 4 is 31.9 Å². The minimum Gasteiger partial charge on any atom is -0.496 e. The lowest BCUT2D eigenvalue weighted by atomic mass is 9.87. The number of hydrogen-bond donors (Lipinski definition) is 0. The number of ether oxygens (including phenoxy) is 2. The van der Waals surface area contributed by atoms with Crippen molar-refractivity contribution in [3.05, 3.63) is 22.2 Å². The molecule has 17 heavy (non-hydrogen) atoms. The van der Waals surface area contributed by atoms with Gasteiger partial charge in [-0.05, 0) is 33.5 Å². The molecule has 0 spiro atoms. The highest BCUT2D eigenvalue weighted by atomic mass is 79.9. The summed E-state index contributed by atoms with van der Waals surface area (Å²) in [5.41, 5.74) is 1.20. The van der Waals surface area contributed by atoms with Crippen molar-refractivity contribution < 1.29 is 9.47 Å². The Labute approximate surface area is 120 Å². The molecule has 2 nitrogen and oxygen atoms in total. The van der Waals surface area contributed by atoms with E-state index in [0.717, 1.165) is 21.5 Å². The SMILES string of the molecule is COc1cc(C(Br)C(C)(C)C)c(OC)cc1Br. The first-order valence-corrected chi connectivity index (χ1v) is 7.07. The maximum absolute atomic E-state index is 5.43. The molecule has 0 aliphatic heterocycles. The molecule has 1 rings (SSSR count). The van der Waals surface area contributed by atoms with E-state index in [1.165, 1.54) is 0 Å². The lowest BCUT2D eigenvalue weighted by Crippen LogP contribution is -2.14. The van der Waals surface area contributed by atoms with Crippen molar-refractivity contribution in [2.75, 3.05) is 14.2 Å². The van der Waals surface area contributed by atoms with Gasteiger partial charge in [0.1, 0.15) is 11.5 Å². The Morgan fingerprint density at radius 2 is 1.59 bits per heavy atom. The lowest BCUT2D eigenvalue weighted by Gasteiger charge is -2.27. The number of alkyl halides is 1. The molecule has 0 N–H and O–H groups in total. The molecule has 0 bridgehead atoms. The van der Waals surface area contributed by atoms with Gasteiger partial charge in [0.15, 0.2) is 0 Å². The van der Waals surface area contributed by atoms with Gasteiger partial charge in [0.05, 0.1) is 18.7 Å². The van der Waals surface area contributed by atoms with E-state index in [9.17, 15) is 0 Å². The van der Waals surface area contributed by atoms with Crippen LogP contribution in [-0.4, -0.2) is 14.2 Å². The van der Waals surface area contributed by atoms with E-state index >= 15 is 0 Å². The summed E-state index contributed by atoms with van der Waals surface area (Å²) in [7, 11) is 3.34. The third kappa shape index (κ3) is 3.38. The molecule has 0 saturated carbocycles. The van der Waals surface area contributed by atoms with Crippen molar-refractivity contribution in [2.24, 2.45) is 5.41 Å². The number of benzene rings is 1. The zero-order chi connectivity index (χ0) is 13.2. The van der Waals surface area contributed by atoms with E-state index in [0.29, 0.717) is 0 Å². The second-order valence-electron chi connectivity index (χ2n) is 4.96. The average Bonchev–Trinajstić information content (AvgIpc) is 2.26. The number of methoxy groups -OCH3 is 2. The number of hydrogen-bond acceptors (Lipinski definition) is 2. The fourth-order valence-corrected chi connectivity index (χ4v) is 2.39. The van der Waals surface area contributed by atoms with Crippen molar-refractivity contribution in [3.63, 3.8) is 0 Å². The smallest absolute Gasteiger partial charge is 0.133 e. The van der Waals surface area contributed by atoms with Gasteiger partial charge in [0, 0.05) is 10.4 Å². The van der Waals surface area contributed by atoms with Crippen LogP contribution in [0.25, 0.3) is 0 Å². The van der Waals surface area contributed by atoms with Crippen molar-refractivity contribution in [3.8, 4) is 11.5 Å². The molecule has 0 radical (unpaired) electrons. The molecule has 4 heteroatoms. The fourth-order valence-electron chi connectivity index (χ4n) is 1.55. The summed E-state index contributed by atoms with van der Waals surface area (Å²) in [6.07, 6.45) is 0. The Bertz CT molecular complexity index is 397. The Balaban J connectivity index is 3.30. The molecule has 0 saturated heterocycles. The molecular formula is C13H18Br2O2. The highest BCUT2D eigenvalue weighted by molar-refractivity contribution is 9.10. The van der Waals surface area contributed by atoms with Crippen LogP contribution in [0.15, 0.2) is 16.6 Å². The van der Waals surface area contributed by atoms with Crippen LogP contribution in [-0.2, 0) is 0 Å². The Hall–Kier alpha value is -0.220. The van der Waals surface area contributed by atoms with Gasteiger partial charge in [-0.25, -0.2) is 0 Å². The fraction of sp³-hybridized carbons (Fsp3) is 0.538. The van der Waals surface area contributed by atoms with Gasteiger partial charge in [0.25, 0.3) is 0 Å². The van der Waals surface area contributed by atoms with Crippen LogP contribution in [0.4, 0.5) is 0 Å². The molecule has 0 aliphatic rings. The van der Waals surface area contributed by atoms with Crippen LogP contribution in [0.2, 0.25) is 0 Å². The first kappa shape index (κ1) is 14.8. The van der Waals surface area contributed by atoms with Crippen LogP contribution in [0.5, 0.6) is 11.5 Å². The van der Waals surface area contributed by atoms with E-state index < -0.39 is 0 Å². The maximum Gasteiger partial charge on any atom is 0.133 e. The summed E-state index contributed by atoms with van der Waals surface area (Å²) in [6, 6.07) is 3.95. The molecule has 1 unspecified atom stereocenters. The number of halogens is 2. The highest BCUT2D eigenvalue weighted by Gasteiger charge is 2.27. The predicted molar refractivity (Wildman–Crippen MR) is 78.4 cm³/mol. The Morgan fingerprint density at radius 1 is 1.06 bits per heavy atom. The highest BCUT2D eigenvalue weighted by Crippen LogP contribution is 2.46. The minimum absolute atomic E-state index is 0.103. The number of rotatable bonds is 3. The molecular weight excluding hydrogens is 348 g/mol. The van der Waals surface area contributed by atoms with Gasteiger partial charge in [-0.1, -0.05) is 36.7 Å². The summed E-state index contributed by atoms with van der Waals surface area (Å²) in [5.74, 6) is 1.67. The van der Waals surface area contributed by atoms with Gasteiger partial charge in [0.2, 0.25) is 0 Å². The molecule has 1 aromatic carbocycles. The molecule has 0 amide bonds. The molecule has 1 atom stereocenters. The summed E-state index contributed by atoms with van der Waals surface area (Å²) in [4.78, 5) is 0.201. The maximum atomic E-state index is 5.43. The van der Waals surface area contributed by atoms with E-state index in [4.69, 9.17) is 9.47 Å². The normalized spacial score (nSPS) is 13.4. The van der Waals surface area contributed by atoms with Gasteiger partial charge in [-0.15, -0.1) is 0 Å². The standard InChI is InChI=1S/C13H18Br2O2/c1-13(2,3)12(15)8-6-11(17-5)9(14)7-10(8)16-4/h6-7,12H,1-5H3. The zero-order valence-corrected chi connectivity index (χ0v) is 14.0. The Morgan fingerprint density at radius 3 is 2.00 bits per heavy atom. The summed E-state index contributed by atoms with van der Waals surface area (Å²) in [6.45, 7) is 6.54. The van der Waals surface area contributed by atoms with Gasteiger partial charge in [-0.2, -0.15) is 0 Å². The van der Waals surface area contributed by atoms with Crippen molar-refractivity contribution in [1.82, 2.24) is 0 Å². The summed E-state index contributed by atoms with van der Waals surface area (Å²) in [5, 5.41) is 0. The zero-order valence-electron chi connectivity index (χ0n) is 10.8. The van der Waals surface area contributed by atoms with Gasteiger partial charge >= 0.3 is 0 Å². The predicted octanol–water partition coefficient (Wildman–Crippen LogP) is 4.95. The quantitative estimate of drug-likeness (QED) is 0.705. The monoisotopic (exact) mass is 364 g/mol. The molecule has 0 aliphatic carbocycles. The molecule has 0 heterocycles. The van der Waals surface area contributed by atoms with Crippen LogP contribution in [0.3, 0.4) is 0 Å². The first-order chi connectivity index (χ1) is 7.81. The van der Waals surface area contributed by atoms with Crippen LogP contribution in [0, 0.1) is 5.41 Å². The minimum atomic E-state index is 0.103. The molecule has 0 aromatic heterocycles. The summed E-state index contributed by atoms with van der Waals surface area (Å²) < 4.78 is 11.6. The van der Waals surface area contributed by atoms with Crippen LogP contribution < -0.4 is 9.47 Å². The lowest BCUT2D eigenvalue weighted by molar-refractivity contribution is 0.370. The second-order valence-corrected chi connectivity index (χ2v) is 6.73. The average molecular weight is 366 g/mol. The van der Waals surface area contributed by atoms with E-state index in [1.807, 2.05) is 12.1 Å². The van der Waals surface area contributed by atoms with E-state index in [2.05, 4.69) is 52.6 Å².